The summed E-state index contributed by atoms with van der Waals surface area (Å²) in [5.74, 6) is 0.625. The molecule has 3 heterocycles. The molecule has 2 aliphatic rings. The van der Waals surface area contributed by atoms with Crippen LogP contribution in [0.25, 0.3) is 0 Å². The van der Waals surface area contributed by atoms with Gasteiger partial charge in [-0.3, -0.25) is 9.69 Å². The molecular weight excluding hydrogens is 378 g/mol. The van der Waals surface area contributed by atoms with Crippen LogP contribution in [0.3, 0.4) is 0 Å². The first-order chi connectivity index (χ1) is 12.2. The van der Waals surface area contributed by atoms with Crippen LogP contribution in [0.15, 0.2) is 23.6 Å². The maximum absolute atomic E-state index is 12.5. The Morgan fingerprint density at radius 3 is 2.76 bits per heavy atom. The Labute approximate surface area is 160 Å². The van der Waals surface area contributed by atoms with Crippen molar-refractivity contribution in [3.63, 3.8) is 0 Å². The van der Waals surface area contributed by atoms with Gasteiger partial charge in [0.2, 0.25) is 5.91 Å². The predicted octanol–water partition coefficient (Wildman–Crippen LogP) is 2.76. The molecule has 0 atom stereocenters. The number of hydrogen-bond acceptors (Lipinski definition) is 6. The van der Waals surface area contributed by atoms with Gasteiger partial charge in [0.05, 0.1) is 10.1 Å². The summed E-state index contributed by atoms with van der Waals surface area (Å²) in [5.41, 5.74) is 0. The molecule has 0 N–H and O–H groups in total. The molecule has 4 rings (SSSR count). The van der Waals surface area contributed by atoms with Gasteiger partial charge in [-0.05, 0) is 25.0 Å². The minimum absolute atomic E-state index is 0.189. The molecule has 0 aromatic carbocycles. The van der Waals surface area contributed by atoms with Crippen molar-refractivity contribution in [2.24, 2.45) is 0 Å². The summed E-state index contributed by atoms with van der Waals surface area (Å²) in [6.45, 7) is 4.30. The molecule has 9 heteroatoms. The van der Waals surface area contributed by atoms with E-state index in [4.69, 9.17) is 11.6 Å². The lowest BCUT2D eigenvalue weighted by Crippen LogP contribution is -2.48. The molecule has 0 radical (unpaired) electrons. The van der Waals surface area contributed by atoms with Gasteiger partial charge >= 0.3 is 0 Å². The average Bonchev–Trinajstić information content (AvgIpc) is 3.22. The van der Waals surface area contributed by atoms with Gasteiger partial charge in [0.15, 0.2) is 5.16 Å². The highest BCUT2D eigenvalue weighted by atomic mass is 35.5. The minimum atomic E-state index is 0.189. The van der Waals surface area contributed by atoms with E-state index in [1.807, 2.05) is 11.0 Å². The molecule has 2 fully saturated rings. The Bertz CT molecular complexity index is 736. The lowest BCUT2D eigenvalue weighted by atomic mass is 10.3. The number of amides is 1. The number of carbonyl (C=O) groups is 1. The second-order valence-corrected chi connectivity index (χ2v) is 9.15. The lowest BCUT2D eigenvalue weighted by molar-refractivity contribution is -0.130. The normalized spacial score (nSPS) is 18.7. The lowest BCUT2D eigenvalue weighted by Gasteiger charge is -2.34. The Morgan fingerprint density at radius 1 is 1.28 bits per heavy atom. The average molecular weight is 398 g/mol. The summed E-state index contributed by atoms with van der Waals surface area (Å²) < 4.78 is 2.93. The fraction of sp³-hybridized carbons (Fsp3) is 0.562. The number of rotatable bonds is 6. The largest absolute Gasteiger partial charge is 0.339 e. The van der Waals surface area contributed by atoms with Gasteiger partial charge in [-0.15, -0.1) is 21.5 Å². The monoisotopic (exact) mass is 397 g/mol. The first kappa shape index (κ1) is 17.3. The summed E-state index contributed by atoms with van der Waals surface area (Å²) in [4.78, 5) is 18.1. The van der Waals surface area contributed by atoms with Crippen LogP contribution < -0.4 is 0 Å². The topological polar surface area (TPSA) is 54.3 Å². The Hall–Kier alpha value is -1.09. The zero-order valence-electron chi connectivity index (χ0n) is 13.8. The summed E-state index contributed by atoms with van der Waals surface area (Å²) in [7, 11) is 0. The fourth-order valence-corrected chi connectivity index (χ4v) is 4.98. The number of nitrogens with zero attached hydrogens (tertiary/aromatic N) is 5. The van der Waals surface area contributed by atoms with E-state index in [9.17, 15) is 4.79 Å². The predicted molar refractivity (Wildman–Crippen MR) is 100 cm³/mol. The summed E-state index contributed by atoms with van der Waals surface area (Å²) in [6, 6.07) is 4.57. The van der Waals surface area contributed by atoms with Crippen LogP contribution in [-0.2, 0) is 11.3 Å². The van der Waals surface area contributed by atoms with Crippen molar-refractivity contribution >= 4 is 40.6 Å². The number of thiophene rings is 1. The summed E-state index contributed by atoms with van der Waals surface area (Å²) in [6.07, 6.45) is 4.16. The van der Waals surface area contributed by atoms with E-state index in [2.05, 4.69) is 25.7 Å². The third-order valence-electron chi connectivity index (χ3n) is 4.54. The van der Waals surface area contributed by atoms with Crippen LogP contribution in [0.2, 0.25) is 4.34 Å². The van der Waals surface area contributed by atoms with Gasteiger partial charge in [0.1, 0.15) is 6.33 Å². The van der Waals surface area contributed by atoms with Crippen molar-refractivity contribution in [1.82, 2.24) is 24.6 Å². The quantitative estimate of drug-likeness (QED) is 0.701. The third kappa shape index (κ3) is 4.36. The molecule has 1 aliphatic carbocycles. The Balaban J connectivity index is 1.23. The first-order valence-electron chi connectivity index (χ1n) is 8.45. The highest BCUT2D eigenvalue weighted by Gasteiger charge is 2.27. The Kier molecular flexibility index (Phi) is 5.30. The van der Waals surface area contributed by atoms with Crippen molar-refractivity contribution in [2.75, 3.05) is 31.9 Å². The van der Waals surface area contributed by atoms with E-state index in [-0.39, 0.29) is 5.91 Å². The molecule has 2 aromatic rings. The SMILES string of the molecule is O=C(CSc1nncn1C1CC1)N1CCN(Cc2ccc(Cl)s2)CC1. The number of aromatic nitrogens is 3. The van der Waals surface area contributed by atoms with Crippen LogP contribution in [0, 0.1) is 0 Å². The Morgan fingerprint density at radius 2 is 2.08 bits per heavy atom. The molecular formula is C16H20ClN5OS2. The van der Waals surface area contributed by atoms with E-state index >= 15 is 0 Å². The molecule has 0 unspecified atom stereocenters. The summed E-state index contributed by atoms with van der Waals surface area (Å²) >= 11 is 9.12. The second kappa shape index (κ2) is 7.65. The molecule has 6 nitrogen and oxygen atoms in total. The zero-order valence-corrected chi connectivity index (χ0v) is 16.2. The molecule has 2 aromatic heterocycles. The number of piperazine rings is 1. The van der Waals surface area contributed by atoms with Crippen molar-refractivity contribution in [3.8, 4) is 0 Å². The smallest absolute Gasteiger partial charge is 0.233 e. The van der Waals surface area contributed by atoms with E-state index < -0.39 is 0 Å². The standard InChI is InChI=1S/C16H20ClN5OS2/c17-14-4-3-13(25-14)9-20-5-7-21(8-6-20)15(23)10-24-16-19-18-11-22(16)12-1-2-12/h3-4,11-12H,1-2,5-10H2. The van der Waals surface area contributed by atoms with Gasteiger partial charge in [-0.1, -0.05) is 23.4 Å². The number of carbonyl (C=O) groups excluding carboxylic acids is 1. The fourth-order valence-electron chi connectivity index (χ4n) is 2.97. The van der Waals surface area contributed by atoms with Gasteiger partial charge in [0, 0.05) is 43.6 Å². The van der Waals surface area contributed by atoms with Crippen molar-refractivity contribution < 1.29 is 4.79 Å². The summed E-state index contributed by atoms with van der Waals surface area (Å²) in [5, 5.41) is 8.99. The van der Waals surface area contributed by atoms with Crippen molar-refractivity contribution in [1.29, 1.82) is 0 Å². The molecule has 0 bridgehead atoms. The van der Waals surface area contributed by atoms with Crippen LogP contribution in [0.4, 0.5) is 0 Å². The zero-order chi connectivity index (χ0) is 17.2. The molecule has 0 spiro atoms. The van der Waals surface area contributed by atoms with Crippen LogP contribution >= 0.6 is 34.7 Å². The van der Waals surface area contributed by atoms with Crippen molar-refractivity contribution in [2.45, 2.75) is 30.6 Å². The molecule has 134 valence electrons. The van der Waals surface area contributed by atoms with E-state index in [1.165, 1.54) is 29.5 Å². The molecule has 1 aliphatic heterocycles. The molecule has 25 heavy (non-hydrogen) atoms. The maximum Gasteiger partial charge on any atom is 0.233 e. The van der Waals surface area contributed by atoms with Crippen LogP contribution in [0.1, 0.15) is 23.8 Å². The van der Waals surface area contributed by atoms with Gasteiger partial charge in [0.25, 0.3) is 0 Å². The van der Waals surface area contributed by atoms with Gasteiger partial charge in [-0.2, -0.15) is 0 Å². The molecule has 1 amide bonds. The van der Waals surface area contributed by atoms with E-state index in [0.717, 1.165) is 42.2 Å². The number of halogens is 1. The third-order valence-corrected chi connectivity index (χ3v) is 6.70. The molecule has 1 saturated heterocycles. The highest BCUT2D eigenvalue weighted by molar-refractivity contribution is 7.99. The van der Waals surface area contributed by atoms with E-state index in [0.29, 0.717) is 11.8 Å². The number of thioether (sulfide) groups is 1. The van der Waals surface area contributed by atoms with Gasteiger partial charge < -0.3 is 9.47 Å². The van der Waals surface area contributed by atoms with Crippen molar-refractivity contribution in [3.05, 3.63) is 27.7 Å². The molecule has 1 saturated carbocycles. The van der Waals surface area contributed by atoms with Crippen LogP contribution in [0.5, 0.6) is 0 Å². The van der Waals surface area contributed by atoms with Gasteiger partial charge in [-0.25, -0.2) is 0 Å². The van der Waals surface area contributed by atoms with E-state index in [1.54, 1.807) is 17.7 Å². The van der Waals surface area contributed by atoms with Crippen LogP contribution in [-0.4, -0.2) is 62.4 Å². The minimum Gasteiger partial charge on any atom is -0.339 e. The number of hydrogen-bond donors (Lipinski definition) is 0. The maximum atomic E-state index is 12.5. The first-order valence-corrected chi connectivity index (χ1v) is 10.6. The second-order valence-electron chi connectivity index (χ2n) is 6.40. The highest BCUT2D eigenvalue weighted by Crippen LogP contribution is 2.37.